The van der Waals surface area contributed by atoms with Crippen LogP contribution in [0.2, 0.25) is 0 Å². The van der Waals surface area contributed by atoms with Gasteiger partial charge in [0.25, 0.3) is 11.5 Å². The molecule has 1 aliphatic heterocycles. The van der Waals surface area contributed by atoms with E-state index in [4.69, 9.17) is 0 Å². The summed E-state index contributed by atoms with van der Waals surface area (Å²) in [6.45, 7) is 6.85. The van der Waals surface area contributed by atoms with Gasteiger partial charge in [0.15, 0.2) is 0 Å². The fourth-order valence-corrected chi connectivity index (χ4v) is 8.28. The Kier molecular flexibility index (Phi) is 5.80. The summed E-state index contributed by atoms with van der Waals surface area (Å²) in [5.74, 6) is 1.60. The minimum absolute atomic E-state index is 0.0699. The van der Waals surface area contributed by atoms with E-state index >= 15 is 0 Å². The van der Waals surface area contributed by atoms with Crippen molar-refractivity contribution in [2.24, 2.45) is 23.2 Å². The number of aliphatic hydroxyl groups is 1. The molecular formula is C33H39N3O3. The van der Waals surface area contributed by atoms with Gasteiger partial charge in [-0.15, -0.1) is 0 Å². The molecule has 2 unspecified atom stereocenters. The number of benzene rings is 1. The molecule has 5 aliphatic rings. The largest absolute Gasteiger partial charge is 0.386 e. The SMILES string of the molecule is CC1=C([C@@]23Cc4[nH]c(=O)c(C(=O)NCc5ccccc5)cc4C[C@H]2[C@H]2C(CN2CC2CC2)C3)CC(C)(O)C=C1. The van der Waals surface area contributed by atoms with E-state index in [9.17, 15) is 14.7 Å². The molecule has 5 atom stereocenters. The number of nitrogens with zero attached hydrogens (tertiary/aromatic N) is 1. The summed E-state index contributed by atoms with van der Waals surface area (Å²) in [4.78, 5) is 32.2. The molecule has 2 aromatic rings. The third-order valence-corrected chi connectivity index (χ3v) is 10.3. The lowest BCUT2D eigenvalue weighted by molar-refractivity contribution is 0.00263. The standard InChI is InChI=1S/C33H39N3O3/c1-20-10-11-32(2,39)15-27(20)33-14-24-19-36(18-22-8-9-22)29(24)26(33)13-23-12-25(31(38)35-28(23)16-33)30(37)34-17-21-6-4-3-5-7-21/h3-7,10-12,22,24,26,29,39H,8-9,13-19H2,1-2H3,(H,34,37)(H,35,38)/t24?,26-,29+,32?,33-/m0/s1. The molecule has 0 radical (unpaired) electrons. The van der Waals surface area contributed by atoms with Gasteiger partial charge in [-0.05, 0) is 80.9 Å². The second kappa shape index (κ2) is 9.03. The number of pyridine rings is 1. The first-order valence-electron chi connectivity index (χ1n) is 14.7. The van der Waals surface area contributed by atoms with Crippen LogP contribution >= 0.6 is 0 Å². The zero-order valence-corrected chi connectivity index (χ0v) is 23.0. The van der Waals surface area contributed by atoms with E-state index in [1.807, 2.05) is 49.4 Å². The Morgan fingerprint density at radius 3 is 2.77 bits per heavy atom. The summed E-state index contributed by atoms with van der Waals surface area (Å²) in [6.07, 6.45) is 10.1. The molecule has 1 aromatic carbocycles. The molecule has 39 heavy (non-hydrogen) atoms. The molecule has 1 amide bonds. The zero-order chi connectivity index (χ0) is 26.9. The molecular weight excluding hydrogens is 486 g/mol. The Morgan fingerprint density at radius 2 is 2.00 bits per heavy atom. The van der Waals surface area contributed by atoms with Gasteiger partial charge in [-0.25, -0.2) is 0 Å². The van der Waals surface area contributed by atoms with Gasteiger partial charge in [0.2, 0.25) is 0 Å². The minimum Gasteiger partial charge on any atom is -0.386 e. The lowest BCUT2D eigenvalue weighted by Crippen LogP contribution is -2.58. The fraction of sp³-hybridized carbons (Fsp3) is 0.515. The first kappa shape index (κ1) is 25.0. The number of likely N-dealkylation sites (tertiary alicyclic amines) is 1. The monoisotopic (exact) mass is 525 g/mol. The van der Waals surface area contributed by atoms with Gasteiger partial charge >= 0.3 is 0 Å². The number of aromatic nitrogens is 1. The molecule has 2 heterocycles. The lowest BCUT2D eigenvalue weighted by atomic mass is 9.59. The van der Waals surface area contributed by atoms with Crippen molar-refractivity contribution in [1.29, 1.82) is 0 Å². The number of fused-ring (bicyclic) bond motifs is 4. The van der Waals surface area contributed by atoms with Crippen molar-refractivity contribution in [3.8, 4) is 0 Å². The molecule has 6 heteroatoms. The van der Waals surface area contributed by atoms with Crippen LogP contribution in [0.15, 0.2) is 64.5 Å². The van der Waals surface area contributed by atoms with Crippen LogP contribution in [0.4, 0.5) is 0 Å². The van der Waals surface area contributed by atoms with E-state index in [2.05, 4.69) is 28.2 Å². The van der Waals surface area contributed by atoms with E-state index in [0.29, 0.717) is 30.8 Å². The predicted molar refractivity (Wildman–Crippen MR) is 151 cm³/mol. The number of nitrogens with one attached hydrogen (secondary N) is 2. The van der Waals surface area contributed by atoms with Crippen LogP contribution in [0.25, 0.3) is 0 Å². The van der Waals surface area contributed by atoms with E-state index in [-0.39, 0.29) is 22.4 Å². The van der Waals surface area contributed by atoms with Gasteiger partial charge in [0.05, 0.1) is 5.60 Å². The highest BCUT2D eigenvalue weighted by Gasteiger charge is 2.63. The van der Waals surface area contributed by atoms with E-state index < -0.39 is 5.60 Å². The van der Waals surface area contributed by atoms with E-state index in [1.165, 1.54) is 30.5 Å². The van der Waals surface area contributed by atoms with Crippen LogP contribution in [-0.2, 0) is 19.4 Å². The van der Waals surface area contributed by atoms with Gasteiger partial charge in [-0.1, -0.05) is 53.6 Å². The van der Waals surface area contributed by atoms with Crippen LogP contribution in [-0.4, -0.2) is 45.6 Å². The summed E-state index contributed by atoms with van der Waals surface area (Å²) >= 11 is 0. The molecule has 7 rings (SSSR count). The number of carbonyl (C=O) groups is 1. The summed E-state index contributed by atoms with van der Waals surface area (Å²) in [5, 5.41) is 14.0. The normalized spacial score (nSPS) is 33.3. The number of amides is 1. The number of hydrogen-bond donors (Lipinski definition) is 3. The van der Waals surface area contributed by atoms with Crippen molar-refractivity contribution >= 4 is 5.91 Å². The molecule has 204 valence electrons. The maximum absolute atomic E-state index is 13.2. The highest BCUT2D eigenvalue weighted by atomic mass is 16.3. The summed E-state index contributed by atoms with van der Waals surface area (Å²) in [6, 6.07) is 12.2. The van der Waals surface area contributed by atoms with Gasteiger partial charge in [0, 0.05) is 43.2 Å². The van der Waals surface area contributed by atoms with Crippen molar-refractivity contribution in [3.63, 3.8) is 0 Å². The molecule has 4 aliphatic carbocycles. The second-order valence-corrected chi connectivity index (χ2v) is 13.2. The van der Waals surface area contributed by atoms with Crippen molar-refractivity contribution in [3.05, 3.63) is 92.4 Å². The van der Waals surface area contributed by atoms with Crippen molar-refractivity contribution < 1.29 is 9.90 Å². The molecule has 6 nitrogen and oxygen atoms in total. The zero-order valence-electron chi connectivity index (χ0n) is 23.0. The number of hydrogen-bond acceptors (Lipinski definition) is 4. The molecule has 1 saturated heterocycles. The Labute approximate surface area is 230 Å². The summed E-state index contributed by atoms with van der Waals surface area (Å²) in [7, 11) is 0. The van der Waals surface area contributed by atoms with Crippen LogP contribution < -0.4 is 10.9 Å². The average Bonchev–Trinajstić information content (AvgIpc) is 3.69. The smallest absolute Gasteiger partial charge is 0.261 e. The number of allylic oxidation sites excluding steroid dienone is 2. The Balaban J connectivity index is 1.23. The molecule has 0 spiro atoms. The maximum atomic E-state index is 13.2. The summed E-state index contributed by atoms with van der Waals surface area (Å²) < 4.78 is 0. The van der Waals surface area contributed by atoms with Crippen LogP contribution in [0.1, 0.15) is 66.7 Å². The topological polar surface area (TPSA) is 85.4 Å². The van der Waals surface area contributed by atoms with Crippen molar-refractivity contribution in [1.82, 2.24) is 15.2 Å². The highest BCUT2D eigenvalue weighted by molar-refractivity contribution is 5.94. The van der Waals surface area contributed by atoms with Crippen molar-refractivity contribution in [2.75, 3.05) is 13.1 Å². The van der Waals surface area contributed by atoms with Gasteiger partial charge in [0.1, 0.15) is 5.56 Å². The first-order valence-corrected chi connectivity index (χ1v) is 14.7. The number of carbonyl (C=O) groups excluding carboxylic acids is 1. The molecule has 0 bridgehead atoms. The Morgan fingerprint density at radius 1 is 1.21 bits per heavy atom. The van der Waals surface area contributed by atoms with Gasteiger partial charge < -0.3 is 15.4 Å². The van der Waals surface area contributed by atoms with E-state index in [0.717, 1.165) is 48.5 Å². The quantitative estimate of drug-likeness (QED) is 0.529. The molecule has 3 N–H and O–H groups in total. The number of aromatic amines is 1. The van der Waals surface area contributed by atoms with Crippen molar-refractivity contribution in [2.45, 2.75) is 70.6 Å². The van der Waals surface area contributed by atoms with Gasteiger partial charge in [-0.2, -0.15) is 0 Å². The molecule has 1 aromatic heterocycles. The van der Waals surface area contributed by atoms with Crippen LogP contribution in [0, 0.1) is 23.2 Å². The molecule has 3 fully saturated rings. The third kappa shape index (κ3) is 4.33. The lowest BCUT2D eigenvalue weighted by Gasteiger charge is -2.50. The Hall–Kier alpha value is -2.96. The Bertz CT molecular complexity index is 1430. The number of rotatable bonds is 6. The second-order valence-electron chi connectivity index (χ2n) is 13.2. The summed E-state index contributed by atoms with van der Waals surface area (Å²) in [5.41, 5.74) is 4.69. The minimum atomic E-state index is -0.849. The number of H-pyrrole nitrogens is 1. The fourth-order valence-electron chi connectivity index (χ4n) is 8.28. The highest BCUT2D eigenvalue weighted by Crippen LogP contribution is 2.63. The predicted octanol–water partition coefficient (Wildman–Crippen LogP) is 4.15. The molecule has 2 saturated carbocycles. The van der Waals surface area contributed by atoms with Crippen LogP contribution in [0.3, 0.4) is 0 Å². The van der Waals surface area contributed by atoms with Crippen LogP contribution in [0.5, 0.6) is 0 Å². The first-order chi connectivity index (χ1) is 18.7. The average molecular weight is 526 g/mol. The third-order valence-electron chi connectivity index (χ3n) is 10.3. The van der Waals surface area contributed by atoms with E-state index in [1.54, 1.807) is 0 Å². The maximum Gasteiger partial charge on any atom is 0.261 e. The van der Waals surface area contributed by atoms with Gasteiger partial charge in [-0.3, -0.25) is 14.5 Å².